The number of hydrazine groups is 1. The number of carbonyl (C=O) groups is 6. The molecule has 398 valence electrons. The van der Waals surface area contributed by atoms with Gasteiger partial charge in [0.25, 0.3) is 5.91 Å². The molecule has 4 amide bonds. The fraction of sp³-hybridized carbons (Fsp3) is 0.527. The summed E-state index contributed by atoms with van der Waals surface area (Å²) in [4.78, 5) is 84.3. The molecule has 73 heavy (non-hydrogen) atoms. The van der Waals surface area contributed by atoms with Gasteiger partial charge in [-0.2, -0.15) is 0 Å². The molecular formula is C55H79N8O10+. The SMILES string of the molecule is CC(C)C[C@H](NC(=O)[C@H](CCc1ccccc1)NC(=O)C[N+]1(Cc2ccc(OC(=O)C(C)(C)C)c(OC/C(N)=C/NN)c2)CCOCC1)C(=O)N[C@@H](Cc1ccccc1)C(=O)N[C@@H](CC(C)C)C(=O)[C@@]1(C)CO1. The molecule has 0 saturated carbocycles. The number of nitrogens with two attached hydrogens (primary N) is 2. The third kappa shape index (κ3) is 18.3. The fourth-order valence-electron chi connectivity index (χ4n) is 8.57. The molecule has 5 atom stereocenters. The number of esters is 1. The molecule has 0 aliphatic carbocycles. The van der Waals surface area contributed by atoms with Gasteiger partial charge in [0, 0.05) is 18.2 Å². The van der Waals surface area contributed by atoms with Crippen molar-refractivity contribution in [3.05, 3.63) is 107 Å². The van der Waals surface area contributed by atoms with Crippen LogP contribution >= 0.6 is 0 Å². The lowest BCUT2D eigenvalue weighted by molar-refractivity contribution is -0.940. The number of amides is 4. The van der Waals surface area contributed by atoms with Crippen LogP contribution in [0.1, 0.15) is 91.3 Å². The van der Waals surface area contributed by atoms with Crippen molar-refractivity contribution >= 4 is 35.4 Å². The standard InChI is InChI=1S/C55H78N8O10/c1-36(2)27-43(49(65)55(8)35-72-55)60-52(68)45(29-39-17-13-10-14-18-39)62-51(67)44(28-37(3)4)61-50(66)42(21-19-38-15-11-9-12-16-38)59-48(64)33-63(23-25-70-26-24-63)32-40-20-22-46(73-53(69)54(5,6)7)47(30-40)71-34-41(56)31-58-57/h9-18,20,22,30-31,36-37,42-45,58H,19,21,23-29,32-35,56-57H2,1-8H3,(H3-,59,60,61,62,64,66,67,68)/p+1/b41-31-/t42-,43-,44-,45-,55+/m0/s1. The Bertz CT molecular complexity index is 2360. The lowest BCUT2D eigenvalue weighted by atomic mass is 9.93. The monoisotopic (exact) mass is 1010 g/mol. The molecule has 0 spiro atoms. The number of quaternary nitrogens is 1. The second-order valence-corrected chi connectivity index (χ2v) is 21.5. The van der Waals surface area contributed by atoms with Gasteiger partial charge in [-0.25, -0.2) is 0 Å². The number of ketones is 1. The molecule has 2 saturated heterocycles. The number of nitrogens with zero attached hydrogens (tertiary/aromatic N) is 1. The summed E-state index contributed by atoms with van der Waals surface area (Å²) in [6.45, 7) is 17.0. The Balaban J connectivity index is 1.38. The highest BCUT2D eigenvalue weighted by Gasteiger charge is 2.50. The molecule has 0 unspecified atom stereocenters. The summed E-state index contributed by atoms with van der Waals surface area (Å²) in [5.41, 5.74) is 9.49. The van der Waals surface area contributed by atoms with Crippen LogP contribution in [0.3, 0.4) is 0 Å². The number of benzene rings is 3. The average Bonchev–Trinajstić information content (AvgIpc) is 4.10. The fourth-order valence-corrected chi connectivity index (χ4v) is 8.57. The summed E-state index contributed by atoms with van der Waals surface area (Å²) < 4.78 is 23.3. The molecule has 5 rings (SSSR count). The molecular weight excluding hydrogens is 933 g/mol. The number of epoxide rings is 1. The van der Waals surface area contributed by atoms with Crippen molar-refractivity contribution in [1.29, 1.82) is 0 Å². The first-order valence-electron chi connectivity index (χ1n) is 25.4. The Labute approximate surface area is 430 Å². The zero-order chi connectivity index (χ0) is 53.3. The molecule has 2 heterocycles. The highest BCUT2D eigenvalue weighted by molar-refractivity contribution is 5.99. The van der Waals surface area contributed by atoms with E-state index in [0.29, 0.717) is 51.4 Å². The highest BCUT2D eigenvalue weighted by atomic mass is 16.6. The van der Waals surface area contributed by atoms with Crippen molar-refractivity contribution in [2.45, 2.75) is 124 Å². The molecule has 0 aromatic heterocycles. The van der Waals surface area contributed by atoms with Gasteiger partial charge in [-0.3, -0.25) is 34.6 Å². The molecule has 0 bridgehead atoms. The van der Waals surface area contributed by atoms with Crippen LogP contribution in [-0.4, -0.2) is 116 Å². The van der Waals surface area contributed by atoms with Crippen molar-refractivity contribution in [2.75, 3.05) is 46.1 Å². The number of aryl methyl sites for hydroxylation is 1. The average molecular weight is 1010 g/mol. The first-order chi connectivity index (χ1) is 34.6. The number of carbonyl (C=O) groups excluding carboxylic acids is 6. The van der Waals surface area contributed by atoms with E-state index < -0.39 is 58.9 Å². The van der Waals surface area contributed by atoms with E-state index in [1.807, 2.05) is 94.4 Å². The largest absolute Gasteiger partial charge is 0.483 e. The van der Waals surface area contributed by atoms with E-state index in [1.54, 1.807) is 39.8 Å². The number of Topliss-reactive ketones (excluding diaryl/α,β-unsaturated/α-hetero) is 1. The van der Waals surface area contributed by atoms with Gasteiger partial charge in [0.2, 0.25) is 17.7 Å². The van der Waals surface area contributed by atoms with E-state index in [-0.39, 0.29) is 78.5 Å². The number of ether oxygens (including phenoxy) is 4. The first kappa shape index (κ1) is 57.6. The van der Waals surface area contributed by atoms with E-state index in [1.165, 1.54) is 6.20 Å². The molecule has 2 fully saturated rings. The second kappa shape index (κ2) is 26.6. The van der Waals surface area contributed by atoms with Crippen molar-refractivity contribution in [3.8, 4) is 11.5 Å². The van der Waals surface area contributed by atoms with Gasteiger partial charge in [0.1, 0.15) is 50.0 Å². The maximum Gasteiger partial charge on any atom is 0.316 e. The topological polar surface area (TPSA) is 255 Å². The van der Waals surface area contributed by atoms with Crippen LogP contribution in [0.25, 0.3) is 0 Å². The summed E-state index contributed by atoms with van der Waals surface area (Å²) in [6, 6.07) is 20.0. The van der Waals surface area contributed by atoms with Crippen LogP contribution in [0.15, 0.2) is 90.8 Å². The Morgan fingerprint density at radius 2 is 1.30 bits per heavy atom. The normalized spacial score (nSPS) is 18.1. The number of hydrogen-bond acceptors (Lipinski definition) is 13. The maximum absolute atomic E-state index is 14.6. The van der Waals surface area contributed by atoms with Crippen molar-refractivity contribution in [2.24, 2.45) is 28.8 Å². The van der Waals surface area contributed by atoms with Crippen LogP contribution in [0.5, 0.6) is 11.5 Å². The summed E-state index contributed by atoms with van der Waals surface area (Å²) >= 11 is 0. The van der Waals surface area contributed by atoms with Gasteiger partial charge in [0.15, 0.2) is 23.8 Å². The predicted octanol–water partition coefficient (Wildman–Crippen LogP) is 3.89. The van der Waals surface area contributed by atoms with E-state index in [2.05, 4.69) is 26.7 Å². The number of morpholine rings is 1. The molecule has 0 radical (unpaired) electrons. The molecule has 3 aromatic carbocycles. The first-order valence-corrected chi connectivity index (χ1v) is 25.4. The van der Waals surface area contributed by atoms with Gasteiger partial charge < -0.3 is 55.9 Å². The van der Waals surface area contributed by atoms with Crippen LogP contribution in [0.4, 0.5) is 0 Å². The van der Waals surface area contributed by atoms with Gasteiger partial charge in [-0.05, 0) is 94.5 Å². The lowest BCUT2D eigenvalue weighted by Crippen LogP contribution is -2.61. The van der Waals surface area contributed by atoms with Crippen molar-refractivity contribution in [1.82, 2.24) is 26.7 Å². The van der Waals surface area contributed by atoms with Gasteiger partial charge in [0.05, 0.1) is 37.0 Å². The Kier molecular flexibility index (Phi) is 20.9. The number of nitrogens with one attached hydrogen (secondary N) is 5. The van der Waals surface area contributed by atoms with Gasteiger partial charge in [-0.15, -0.1) is 0 Å². The molecule has 3 aromatic rings. The highest BCUT2D eigenvalue weighted by Crippen LogP contribution is 2.33. The molecule has 18 nitrogen and oxygen atoms in total. The summed E-state index contributed by atoms with van der Waals surface area (Å²) in [7, 11) is 0. The number of hydrogen-bond donors (Lipinski definition) is 7. The van der Waals surface area contributed by atoms with E-state index in [4.69, 9.17) is 30.5 Å². The molecule has 18 heteroatoms. The van der Waals surface area contributed by atoms with Crippen LogP contribution in [0, 0.1) is 17.3 Å². The minimum Gasteiger partial charge on any atom is -0.483 e. The van der Waals surface area contributed by atoms with Crippen molar-refractivity contribution in [3.63, 3.8) is 0 Å². The van der Waals surface area contributed by atoms with Gasteiger partial charge >= 0.3 is 5.97 Å². The Hall–Kier alpha value is -6.34. The van der Waals surface area contributed by atoms with Crippen LogP contribution < -0.4 is 47.7 Å². The third-order valence-electron chi connectivity index (χ3n) is 12.8. The quantitative estimate of drug-likeness (QED) is 0.0143. The predicted molar refractivity (Wildman–Crippen MR) is 277 cm³/mol. The van der Waals surface area contributed by atoms with E-state index in [0.717, 1.165) is 16.7 Å². The third-order valence-corrected chi connectivity index (χ3v) is 12.8. The van der Waals surface area contributed by atoms with E-state index in [9.17, 15) is 28.8 Å². The van der Waals surface area contributed by atoms with Gasteiger partial charge in [-0.1, -0.05) is 88.4 Å². The zero-order valence-electron chi connectivity index (χ0n) is 43.9. The second-order valence-electron chi connectivity index (χ2n) is 21.5. The summed E-state index contributed by atoms with van der Waals surface area (Å²) in [5, 5.41) is 11.9. The maximum atomic E-state index is 14.6. The van der Waals surface area contributed by atoms with Crippen LogP contribution in [0.2, 0.25) is 0 Å². The molecule has 2 aliphatic rings. The Morgan fingerprint density at radius 1 is 0.740 bits per heavy atom. The van der Waals surface area contributed by atoms with Crippen molar-refractivity contribution < 1.29 is 52.2 Å². The number of rotatable bonds is 27. The minimum absolute atomic E-state index is 0.00888. The van der Waals surface area contributed by atoms with Crippen LogP contribution in [-0.2, 0) is 57.6 Å². The molecule has 9 N–H and O–H groups in total. The smallest absolute Gasteiger partial charge is 0.316 e. The summed E-state index contributed by atoms with van der Waals surface area (Å²) in [6.07, 6.45) is 2.79. The molecule has 2 aliphatic heterocycles. The summed E-state index contributed by atoms with van der Waals surface area (Å²) in [5.74, 6) is 3.18. The zero-order valence-corrected chi connectivity index (χ0v) is 43.9. The Morgan fingerprint density at radius 3 is 1.89 bits per heavy atom. The van der Waals surface area contributed by atoms with E-state index >= 15 is 0 Å². The minimum atomic E-state index is -1.10. The lowest BCUT2D eigenvalue weighted by Gasteiger charge is -2.41.